The van der Waals surface area contributed by atoms with Crippen molar-refractivity contribution in [2.45, 2.75) is 90.1 Å². The highest BCUT2D eigenvalue weighted by atomic mass is 19.1. The molecule has 1 aliphatic carbocycles. The van der Waals surface area contributed by atoms with E-state index in [1.165, 1.54) is 44.2 Å². The van der Waals surface area contributed by atoms with Crippen LogP contribution in [-0.2, 0) is 9.53 Å². The van der Waals surface area contributed by atoms with Crippen LogP contribution >= 0.6 is 0 Å². The predicted molar refractivity (Wildman–Crippen MR) is 146 cm³/mol. The Kier molecular flexibility index (Phi) is 7.78. The summed E-state index contributed by atoms with van der Waals surface area (Å²) in [7, 11) is 0. The van der Waals surface area contributed by atoms with Gasteiger partial charge in [-0.2, -0.15) is 0 Å². The van der Waals surface area contributed by atoms with Gasteiger partial charge in [0, 0.05) is 44.7 Å². The van der Waals surface area contributed by atoms with Crippen LogP contribution in [0.3, 0.4) is 0 Å². The van der Waals surface area contributed by atoms with Crippen LogP contribution in [0.15, 0.2) is 24.3 Å². The first-order valence-electron chi connectivity index (χ1n) is 14.8. The quantitative estimate of drug-likeness (QED) is 0.478. The van der Waals surface area contributed by atoms with Gasteiger partial charge in [0.15, 0.2) is 0 Å². The Bertz CT molecular complexity index is 996. The average molecular weight is 528 g/mol. The number of likely N-dealkylation sites (tertiary alicyclic amines) is 2. The predicted octanol–water partition coefficient (Wildman–Crippen LogP) is 5.67. The number of amides is 2. The van der Waals surface area contributed by atoms with E-state index < -0.39 is 0 Å². The van der Waals surface area contributed by atoms with Gasteiger partial charge in [-0.1, -0.05) is 31.4 Å². The maximum atomic E-state index is 14.0. The highest BCUT2D eigenvalue weighted by Gasteiger charge is 2.50. The van der Waals surface area contributed by atoms with E-state index in [1.807, 2.05) is 17.0 Å². The number of benzene rings is 1. The minimum atomic E-state index is -0.293. The summed E-state index contributed by atoms with van der Waals surface area (Å²) in [5.41, 5.74) is 0.794. The largest absolute Gasteiger partial charge is 0.447 e. The molecule has 210 valence electrons. The second-order valence-electron chi connectivity index (χ2n) is 13.3. The molecule has 2 atom stereocenters. The molecule has 4 fully saturated rings. The van der Waals surface area contributed by atoms with Gasteiger partial charge in [0.05, 0.1) is 11.5 Å². The number of halogens is 1. The minimum absolute atomic E-state index is 0.0355. The lowest BCUT2D eigenvalue weighted by atomic mass is 9.63. The smallest absolute Gasteiger partial charge is 0.410 e. The molecular weight excluding hydrogens is 481 g/mol. The normalized spacial score (nSPS) is 28.2. The lowest BCUT2D eigenvalue weighted by Crippen LogP contribution is -2.55. The first kappa shape index (κ1) is 27.4. The van der Waals surface area contributed by atoms with Crippen molar-refractivity contribution >= 4 is 12.0 Å². The zero-order valence-corrected chi connectivity index (χ0v) is 23.8. The molecule has 2 amide bonds. The van der Waals surface area contributed by atoms with E-state index in [0.717, 1.165) is 51.1 Å². The summed E-state index contributed by atoms with van der Waals surface area (Å²) in [6, 6.07) is 7.09. The number of cyclic esters (lactones) is 1. The Labute approximate surface area is 227 Å². The van der Waals surface area contributed by atoms with Crippen molar-refractivity contribution in [1.29, 1.82) is 0 Å². The third kappa shape index (κ3) is 5.32. The molecule has 1 aromatic carbocycles. The lowest BCUT2D eigenvalue weighted by molar-refractivity contribution is -0.139. The van der Waals surface area contributed by atoms with Gasteiger partial charge in [0.1, 0.15) is 12.4 Å². The number of carbonyl (C=O) groups excluding carboxylic acids is 2. The van der Waals surface area contributed by atoms with E-state index in [2.05, 4.69) is 37.5 Å². The highest BCUT2D eigenvalue weighted by Crippen LogP contribution is 2.48. The topological polar surface area (TPSA) is 53.1 Å². The second kappa shape index (κ2) is 10.8. The third-order valence-electron chi connectivity index (χ3n) is 10.2. The van der Waals surface area contributed by atoms with E-state index in [9.17, 15) is 14.0 Å². The van der Waals surface area contributed by atoms with Crippen LogP contribution in [0, 0.1) is 23.1 Å². The molecule has 0 bridgehead atoms. The molecular formula is C31H46FN3O3. The number of piperidine rings is 1. The number of carbonyl (C=O) groups is 2. The summed E-state index contributed by atoms with van der Waals surface area (Å²) in [4.78, 5) is 33.2. The Morgan fingerprint density at radius 1 is 1.05 bits per heavy atom. The Morgan fingerprint density at radius 3 is 2.29 bits per heavy atom. The van der Waals surface area contributed by atoms with Crippen molar-refractivity contribution in [3.63, 3.8) is 0 Å². The molecule has 5 rings (SSSR count). The lowest BCUT2D eigenvalue weighted by Gasteiger charge is -2.51. The summed E-state index contributed by atoms with van der Waals surface area (Å²) in [5, 5.41) is 0. The van der Waals surface area contributed by atoms with Gasteiger partial charge in [-0.05, 0) is 82.4 Å². The van der Waals surface area contributed by atoms with Crippen LogP contribution in [0.2, 0.25) is 0 Å². The van der Waals surface area contributed by atoms with Crippen molar-refractivity contribution < 1.29 is 18.7 Å². The average Bonchev–Trinajstić information content (AvgIpc) is 3.47. The van der Waals surface area contributed by atoms with Crippen molar-refractivity contribution in [3.05, 3.63) is 35.6 Å². The van der Waals surface area contributed by atoms with Gasteiger partial charge < -0.3 is 9.64 Å². The van der Waals surface area contributed by atoms with Crippen molar-refractivity contribution in [2.75, 3.05) is 39.3 Å². The van der Waals surface area contributed by atoms with Gasteiger partial charge in [0.2, 0.25) is 5.91 Å². The molecule has 3 saturated heterocycles. The van der Waals surface area contributed by atoms with E-state index >= 15 is 0 Å². The molecule has 3 aliphatic heterocycles. The molecule has 0 radical (unpaired) electrons. The fourth-order valence-corrected chi connectivity index (χ4v) is 7.61. The maximum absolute atomic E-state index is 14.0. The first-order valence-corrected chi connectivity index (χ1v) is 14.8. The molecule has 38 heavy (non-hydrogen) atoms. The molecule has 6 nitrogen and oxygen atoms in total. The van der Waals surface area contributed by atoms with Crippen molar-refractivity contribution in [2.24, 2.45) is 17.3 Å². The van der Waals surface area contributed by atoms with E-state index in [4.69, 9.17) is 4.74 Å². The molecule has 4 aliphatic rings. The minimum Gasteiger partial charge on any atom is -0.447 e. The van der Waals surface area contributed by atoms with Crippen LogP contribution in [0.5, 0.6) is 0 Å². The van der Waals surface area contributed by atoms with Crippen LogP contribution in [0.25, 0.3) is 0 Å². The van der Waals surface area contributed by atoms with Crippen molar-refractivity contribution in [1.82, 2.24) is 14.7 Å². The number of hydrogen-bond acceptors (Lipinski definition) is 4. The standard InChI is InChI=1S/C31H46FN3O3/c1-22(2)34-18-26(23-10-12-25(32)13-11-23)27(19-34)28(36)33-16-14-31(15-17-33,24-8-6-5-7-9-24)20-35-29(37)38-21-30(35,3)4/h10-13,22,24,26-27H,5-9,14-21H2,1-4H3/t26-,27?/m0/s1. The summed E-state index contributed by atoms with van der Waals surface area (Å²) in [6.07, 6.45) is 7.94. The van der Waals surface area contributed by atoms with Gasteiger partial charge in [-0.3, -0.25) is 14.6 Å². The fourth-order valence-electron chi connectivity index (χ4n) is 7.61. The molecule has 3 heterocycles. The summed E-state index contributed by atoms with van der Waals surface area (Å²) < 4.78 is 19.1. The van der Waals surface area contributed by atoms with Gasteiger partial charge in [-0.15, -0.1) is 0 Å². The molecule has 1 aromatic rings. The van der Waals surface area contributed by atoms with Crippen LogP contribution in [0.1, 0.15) is 84.1 Å². The number of nitrogens with zero attached hydrogens (tertiary/aromatic N) is 3. The van der Waals surface area contributed by atoms with Crippen LogP contribution in [0.4, 0.5) is 9.18 Å². The Morgan fingerprint density at radius 2 is 1.71 bits per heavy atom. The van der Waals surface area contributed by atoms with Gasteiger partial charge in [0.25, 0.3) is 0 Å². The van der Waals surface area contributed by atoms with E-state index in [1.54, 1.807) is 0 Å². The second-order valence-corrected chi connectivity index (χ2v) is 13.3. The third-order valence-corrected chi connectivity index (χ3v) is 10.2. The molecule has 1 unspecified atom stereocenters. The number of ether oxygens (including phenoxy) is 1. The van der Waals surface area contributed by atoms with Crippen molar-refractivity contribution in [3.8, 4) is 0 Å². The fraction of sp³-hybridized carbons (Fsp3) is 0.742. The monoisotopic (exact) mass is 527 g/mol. The van der Waals surface area contributed by atoms with Crippen LogP contribution in [-0.4, -0.2) is 77.6 Å². The maximum Gasteiger partial charge on any atom is 0.410 e. The summed E-state index contributed by atoms with van der Waals surface area (Å²) in [6.45, 7) is 12.8. The summed E-state index contributed by atoms with van der Waals surface area (Å²) in [5.74, 6) is 0.553. The molecule has 1 saturated carbocycles. The number of rotatable bonds is 6. The van der Waals surface area contributed by atoms with Gasteiger partial charge >= 0.3 is 6.09 Å². The Balaban J connectivity index is 1.33. The molecule has 0 spiro atoms. The van der Waals surface area contributed by atoms with Gasteiger partial charge in [-0.25, -0.2) is 9.18 Å². The van der Waals surface area contributed by atoms with E-state index in [0.29, 0.717) is 18.6 Å². The molecule has 7 heteroatoms. The van der Waals surface area contributed by atoms with Crippen LogP contribution < -0.4 is 0 Å². The first-order chi connectivity index (χ1) is 18.1. The Hall–Kier alpha value is -2.15. The zero-order chi connectivity index (χ0) is 27.1. The SMILES string of the molecule is CC(C)N1CC(C(=O)N2CCC(CN3C(=O)OCC3(C)C)(C3CCCCC3)CC2)[C@H](c2ccc(F)cc2)C1. The molecule has 0 aromatic heterocycles. The summed E-state index contributed by atoms with van der Waals surface area (Å²) >= 11 is 0. The number of hydrogen-bond donors (Lipinski definition) is 0. The molecule has 0 N–H and O–H groups in total. The zero-order valence-electron chi connectivity index (χ0n) is 23.8. The van der Waals surface area contributed by atoms with E-state index in [-0.39, 0.29) is 40.6 Å². The highest BCUT2D eigenvalue weighted by molar-refractivity contribution is 5.81.